The maximum absolute atomic E-state index is 15.2. The number of piperidine rings is 2. The lowest BCUT2D eigenvalue weighted by Gasteiger charge is -2.35. The molecule has 84 heavy (non-hydrogen) atoms. The van der Waals surface area contributed by atoms with E-state index < -0.39 is 43.9 Å². The number of benzene rings is 4. The molecule has 4 aliphatic rings. The minimum absolute atomic E-state index is 0.0393. The quantitative estimate of drug-likeness (QED) is 0.0263. The summed E-state index contributed by atoms with van der Waals surface area (Å²) in [5, 5.41) is 11.6. The molecule has 2 aliphatic carbocycles. The van der Waals surface area contributed by atoms with E-state index in [2.05, 4.69) is 40.5 Å². The third-order valence-corrected chi connectivity index (χ3v) is 18.4. The fourth-order valence-corrected chi connectivity index (χ4v) is 13.4. The molecular formula is C58H78Cl2F2N8O12S2. The molecule has 462 valence electrons. The number of sulfonamides is 2. The van der Waals surface area contributed by atoms with E-state index in [1.807, 2.05) is 0 Å². The smallest absolute Gasteiger partial charge is 0.314 e. The minimum atomic E-state index is -3.83. The second-order valence-electron chi connectivity index (χ2n) is 21.0. The first kappa shape index (κ1) is 65.0. The molecule has 26 heteroatoms. The fraction of sp³-hybridized carbons (Fsp3) is 0.552. The van der Waals surface area contributed by atoms with Gasteiger partial charge in [-0.2, -0.15) is 0 Å². The average molecular weight is 1250 g/mol. The van der Waals surface area contributed by atoms with Gasteiger partial charge in [-0.25, -0.2) is 44.6 Å². The van der Waals surface area contributed by atoms with Gasteiger partial charge in [0.1, 0.15) is 35.3 Å². The molecule has 0 radical (unpaired) electrons. The van der Waals surface area contributed by atoms with E-state index in [-0.39, 0.29) is 113 Å². The van der Waals surface area contributed by atoms with E-state index >= 15 is 8.78 Å². The number of carbonyl (C=O) groups excluding carboxylic acids is 2. The SMILES string of the molecule is O=C(NCCCCNC(=O)NCCOCCOCCNS(=O)(=O)c1ccc(O[C@H]2c3c(F)cc(Cl)cc3C[C@H]2N2CCCCC2)cc1)NCCOCCOCCNS(=O)(=O)c1ccc(O[C@@H]2c3c(F)cc(Cl)cc3C[C@H]2N2CCCCC2)cc1. The highest BCUT2D eigenvalue weighted by Crippen LogP contribution is 2.43. The Balaban J connectivity index is 0.576. The number of ether oxygens (including phenoxy) is 6. The molecule has 2 saturated heterocycles. The van der Waals surface area contributed by atoms with E-state index in [1.54, 1.807) is 36.4 Å². The van der Waals surface area contributed by atoms with Gasteiger partial charge in [-0.1, -0.05) is 36.0 Å². The number of rotatable bonds is 33. The van der Waals surface area contributed by atoms with Crippen LogP contribution in [0, 0.1) is 11.6 Å². The summed E-state index contributed by atoms with van der Waals surface area (Å²) in [5.74, 6) is 0.0645. The van der Waals surface area contributed by atoms with Gasteiger partial charge in [-0.15, -0.1) is 0 Å². The fourth-order valence-electron chi connectivity index (χ4n) is 11.0. The molecule has 0 spiro atoms. The predicted octanol–water partition coefficient (Wildman–Crippen LogP) is 7.03. The number of amides is 4. The van der Waals surface area contributed by atoms with Gasteiger partial charge in [0, 0.05) is 60.4 Å². The number of hydrogen-bond donors (Lipinski definition) is 6. The van der Waals surface area contributed by atoms with Crippen LogP contribution >= 0.6 is 23.2 Å². The standard InChI is InChI=1S/C58H78Cl2F2N8O12S2/c59-43-35-41-37-51(69-23-5-1-6-24-69)55(53(41)49(61)39-43)81-45-9-13-47(14-10-45)83(73,74)67-21-29-79-33-31-77-27-19-65-57(71)63-17-3-4-18-64-58(72)66-20-28-78-32-34-80-30-22-68-84(75,76)48-15-11-46(12-16-48)82-56-52(70-25-7-2-8-26-70)38-42-36-44(60)40-50(62)54(42)56/h9-16,35-36,39-40,51-52,55-56,67-68H,1-8,17-34,37-38H2,(H2,63,65,71)(H2,64,66,72)/t51-,52-,55-,56+/m1/s1. The lowest BCUT2D eigenvalue weighted by atomic mass is 10.0. The molecule has 4 atom stereocenters. The van der Waals surface area contributed by atoms with Gasteiger partial charge in [0.25, 0.3) is 0 Å². The molecule has 0 bridgehead atoms. The molecule has 8 rings (SSSR count). The van der Waals surface area contributed by atoms with Crippen molar-refractivity contribution in [3.05, 3.63) is 117 Å². The number of likely N-dealkylation sites (tertiary alicyclic amines) is 2. The molecule has 0 aromatic heterocycles. The van der Waals surface area contributed by atoms with Gasteiger partial charge in [0.15, 0.2) is 0 Å². The molecule has 0 unspecified atom stereocenters. The Morgan fingerprint density at radius 2 is 0.821 bits per heavy atom. The van der Waals surface area contributed by atoms with Gasteiger partial charge in [-0.3, -0.25) is 9.80 Å². The van der Waals surface area contributed by atoms with Crippen LogP contribution in [0.2, 0.25) is 10.0 Å². The van der Waals surface area contributed by atoms with Crippen molar-refractivity contribution in [2.75, 3.05) is 118 Å². The molecule has 4 aromatic carbocycles. The van der Waals surface area contributed by atoms with Crippen LogP contribution < -0.4 is 40.2 Å². The van der Waals surface area contributed by atoms with Gasteiger partial charge >= 0.3 is 12.1 Å². The molecule has 20 nitrogen and oxygen atoms in total. The van der Waals surface area contributed by atoms with Crippen LogP contribution in [0.5, 0.6) is 11.5 Å². The summed E-state index contributed by atoms with van der Waals surface area (Å²) < 4.78 is 122. The van der Waals surface area contributed by atoms with Crippen molar-refractivity contribution in [2.24, 2.45) is 0 Å². The second kappa shape index (κ2) is 32.7. The molecule has 4 aromatic rings. The largest absolute Gasteiger partial charge is 0.484 e. The van der Waals surface area contributed by atoms with E-state index in [0.29, 0.717) is 71.4 Å². The Bertz CT molecular complexity index is 2790. The van der Waals surface area contributed by atoms with Crippen LogP contribution in [0.15, 0.2) is 82.6 Å². The zero-order valence-corrected chi connectivity index (χ0v) is 50.3. The molecule has 2 heterocycles. The first-order valence-electron chi connectivity index (χ1n) is 29.0. The average Bonchev–Trinajstić information content (AvgIpc) is 2.21. The zero-order valence-electron chi connectivity index (χ0n) is 47.2. The van der Waals surface area contributed by atoms with Crippen LogP contribution in [0.25, 0.3) is 0 Å². The normalized spacial score (nSPS) is 19.1. The maximum atomic E-state index is 15.2. The summed E-state index contributed by atoms with van der Waals surface area (Å²) in [7, 11) is -7.67. The number of hydrogen-bond acceptors (Lipinski definition) is 14. The van der Waals surface area contributed by atoms with Gasteiger partial charge in [0.05, 0.1) is 74.7 Å². The summed E-state index contributed by atoms with van der Waals surface area (Å²) in [4.78, 5) is 29.1. The van der Waals surface area contributed by atoms with Crippen molar-refractivity contribution in [2.45, 2.75) is 98.3 Å². The molecular weight excluding hydrogens is 1170 g/mol. The lowest BCUT2D eigenvalue weighted by molar-refractivity contribution is 0.0516. The Kier molecular flexibility index (Phi) is 25.3. The second-order valence-corrected chi connectivity index (χ2v) is 25.4. The Hall–Kier alpha value is -4.96. The minimum Gasteiger partial charge on any atom is -0.484 e. The van der Waals surface area contributed by atoms with Crippen LogP contribution in [-0.4, -0.2) is 169 Å². The molecule has 4 amide bonds. The van der Waals surface area contributed by atoms with Crippen LogP contribution in [-0.2, 0) is 51.8 Å². The van der Waals surface area contributed by atoms with Crippen molar-refractivity contribution < 1.29 is 63.6 Å². The first-order chi connectivity index (χ1) is 40.6. The summed E-state index contributed by atoms with van der Waals surface area (Å²) in [6.45, 7) is 6.73. The molecule has 2 aliphatic heterocycles. The van der Waals surface area contributed by atoms with Gasteiger partial charge in [0.2, 0.25) is 20.0 Å². The van der Waals surface area contributed by atoms with Gasteiger partial charge in [-0.05, 0) is 161 Å². The first-order valence-corrected chi connectivity index (χ1v) is 32.7. The van der Waals surface area contributed by atoms with Crippen molar-refractivity contribution in [1.82, 2.24) is 40.5 Å². The number of halogens is 4. The monoisotopic (exact) mass is 1250 g/mol. The van der Waals surface area contributed by atoms with Crippen molar-refractivity contribution >= 4 is 55.3 Å². The Morgan fingerprint density at radius 3 is 1.19 bits per heavy atom. The third-order valence-electron chi connectivity index (χ3n) is 15.1. The van der Waals surface area contributed by atoms with Crippen LogP contribution in [0.3, 0.4) is 0 Å². The number of nitrogens with one attached hydrogen (secondary N) is 6. The maximum Gasteiger partial charge on any atom is 0.314 e. The topological polar surface area (TPSA) is 236 Å². The van der Waals surface area contributed by atoms with Gasteiger partial charge < -0.3 is 49.7 Å². The number of unbranched alkanes of at least 4 members (excludes halogenated alkanes) is 1. The number of urea groups is 2. The number of fused-ring (bicyclic) bond motifs is 2. The van der Waals surface area contributed by atoms with Crippen LogP contribution in [0.4, 0.5) is 18.4 Å². The Morgan fingerprint density at radius 1 is 0.476 bits per heavy atom. The summed E-state index contributed by atoms with van der Waals surface area (Å²) in [5.41, 5.74) is 2.66. The highest BCUT2D eigenvalue weighted by molar-refractivity contribution is 7.89. The van der Waals surface area contributed by atoms with Crippen molar-refractivity contribution in [1.29, 1.82) is 0 Å². The zero-order chi connectivity index (χ0) is 59.3. The van der Waals surface area contributed by atoms with Crippen molar-refractivity contribution in [3.63, 3.8) is 0 Å². The van der Waals surface area contributed by atoms with E-state index in [9.17, 15) is 26.4 Å². The highest BCUT2D eigenvalue weighted by atomic mass is 35.5. The summed E-state index contributed by atoms with van der Waals surface area (Å²) >= 11 is 12.4. The van der Waals surface area contributed by atoms with Crippen LogP contribution in [0.1, 0.15) is 85.8 Å². The van der Waals surface area contributed by atoms with E-state index in [0.717, 1.165) is 75.8 Å². The Labute approximate surface area is 501 Å². The number of carbonyl (C=O) groups is 2. The molecule has 0 saturated carbocycles. The van der Waals surface area contributed by atoms with E-state index in [1.165, 1.54) is 36.4 Å². The molecule has 6 N–H and O–H groups in total. The lowest BCUT2D eigenvalue weighted by Crippen LogP contribution is -2.43. The highest BCUT2D eigenvalue weighted by Gasteiger charge is 2.42. The van der Waals surface area contributed by atoms with E-state index in [4.69, 9.17) is 51.6 Å². The van der Waals surface area contributed by atoms with Crippen molar-refractivity contribution in [3.8, 4) is 11.5 Å². The summed E-state index contributed by atoms with van der Waals surface area (Å²) in [6.07, 6.45) is 8.02. The third kappa shape index (κ3) is 19.3. The number of nitrogens with zero attached hydrogens (tertiary/aromatic N) is 2. The predicted molar refractivity (Wildman–Crippen MR) is 314 cm³/mol. The molecule has 2 fully saturated rings. The summed E-state index contributed by atoms with van der Waals surface area (Å²) in [6, 6.07) is 17.6.